The van der Waals surface area contributed by atoms with Crippen molar-refractivity contribution in [3.63, 3.8) is 0 Å². The van der Waals surface area contributed by atoms with E-state index >= 15 is 0 Å². The quantitative estimate of drug-likeness (QED) is 0.406. The number of hydrogen-bond acceptors (Lipinski definition) is 3. The zero-order chi connectivity index (χ0) is 12.7. The lowest BCUT2D eigenvalue weighted by atomic mass is 9.91. The van der Waals surface area contributed by atoms with E-state index in [0.717, 1.165) is 25.7 Å². The van der Waals surface area contributed by atoms with E-state index < -0.39 is 0 Å². The van der Waals surface area contributed by atoms with Crippen LogP contribution in [0.2, 0.25) is 0 Å². The van der Waals surface area contributed by atoms with Gasteiger partial charge in [0.1, 0.15) is 6.61 Å². The van der Waals surface area contributed by atoms with Crippen LogP contribution < -0.4 is 16.0 Å². The second-order valence-corrected chi connectivity index (χ2v) is 4.32. The predicted octanol–water partition coefficient (Wildman–Crippen LogP) is -0.196. The van der Waals surface area contributed by atoms with Crippen LogP contribution in [0.25, 0.3) is 0 Å². The molecule has 4 N–H and O–H groups in total. The third-order valence-corrected chi connectivity index (χ3v) is 2.97. The van der Waals surface area contributed by atoms with Crippen LogP contribution in [0.3, 0.4) is 0 Å². The Morgan fingerprint density at radius 3 is 2.24 bits per heavy atom. The predicted molar refractivity (Wildman–Crippen MR) is 66.0 cm³/mol. The fraction of sp³-hybridized carbons (Fsp3) is 0.818. The molecule has 0 spiro atoms. The molecule has 0 aromatic heterocycles. The first-order valence-corrected chi connectivity index (χ1v) is 5.96. The molecule has 17 heavy (non-hydrogen) atoms. The van der Waals surface area contributed by atoms with Crippen molar-refractivity contribution in [1.82, 2.24) is 16.0 Å². The first kappa shape index (κ1) is 13.8. The van der Waals surface area contributed by atoms with E-state index in [9.17, 15) is 4.79 Å². The Bertz CT molecular complexity index is 262. The monoisotopic (exact) mass is 242 g/mol. The number of carbonyl (C=O) groups is 1. The van der Waals surface area contributed by atoms with Gasteiger partial charge in [-0.1, -0.05) is 0 Å². The Morgan fingerprint density at radius 2 is 1.76 bits per heavy atom. The second-order valence-electron chi connectivity index (χ2n) is 4.32. The van der Waals surface area contributed by atoms with Crippen molar-refractivity contribution in [3.05, 3.63) is 0 Å². The van der Waals surface area contributed by atoms with E-state index in [0.29, 0.717) is 12.0 Å². The summed E-state index contributed by atoms with van der Waals surface area (Å²) in [7, 11) is 3.25. The van der Waals surface area contributed by atoms with Crippen LogP contribution in [-0.2, 0) is 9.53 Å². The second kappa shape index (κ2) is 7.11. The molecule has 1 amide bonds. The lowest BCUT2D eigenvalue weighted by molar-refractivity contribution is -0.125. The standard InChI is InChI=1S/C11H22N4O2/c1-13-11(12)15-9-5-3-8(4-6-9)14-10(16)7-17-2/h8-9H,3-7H2,1-2H3,(H,14,16)(H3,12,13,15)/t8-,9-. The van der Waals surface area contributed by atoms with Gasteiger partial charge in [0.15, 0.2) is 5.96 Å². The van der Waals surface area contributed by atoms with E-state index in [4.69, 9.17) is 10.1 Å². The smallest absolute Gasteiger partial charge is 0.246 e. The molecule has 0 atom stereocenters. The van der Waals surface area contributed by atoms with Crippen molar-refractivity contribution < 1.29 is 9.53 Å². The number of rotatable bonds is 4. The molecule has 0 unspecified atom stereocenters. The molecule has 1 rings (SSSR count). The van der Waals surface area contributed by atoms with Gasteiger partial charge >= 0.3 is 0 Å². The van der Waals surface area contributed by atoms with E-state index in [1.165, 1.54) is 7.11 Å². The van der Waals surface area contributed by atoms with E-state index in [1.807, 2.05) is 0 Å². The summed E-state index contributed by atoms with van der Waals surface area (Å²) in [5.74, 6) is 0.309. The summed E-state index contributed by atoms with van der Waals surface area (Å²) in [5, 5.41) is 16.3. The number of ether oxygens (including phenoxy) is 1. The van der Waals surface area contributed by atoms with Crippen molar-refractivity contribution in [3.8, 4) is 0 Å². The Hall–Kier alpha value is -1.30. The van der Waals surface area contributed by atoms with Crippen LogP contribution in [0, 0.1) is 5.41 Å². The van der Waals surface area contributed by atoms with Gasteiger partial charge < -0.3 is 20.7 Å². The Labute approximate surface area is 102 Å². The molecule has 0 saturated heterocycles. The number of guanidine groups is 1. The third-order valence-electron chi connectivity index (χ3n) is 2.97. The Morgan fingerprint density at radius 1 is 1.24 bits per heavy atom. The molecule has 0 heterocycles. The highest BCUT2D eigenvalue weighted by Crippen LogP contribution is 2.18. The fourth-order valence-electron chi connectivity index (χ4n) is 2.06. The van der Waals surface area contributed by atoms with Crippen LogP contribution in [0.4, 0.5) is 0 Å². The van der Waals surface area contributed by atoms with Gasteiger partial charge in [-0.3, -0.25) is 10.2 Å². The van der Waals surface area contributed by atoms with Crippen molar-refractivity contribution >= 4 is 11.9 Å². The van der Waals surface area contributed by atoms with E-state index in [2.05, 4.69) is 16.0 Å². The number of carbonyl (C=O) groups excluding carboxylic acids is 1. The van der Waals surface area contributed by atoms with Gasteiger partial charge in [-0.05, 0) is 25.7 Å². The van der Waals surface area contributed by atoms with Gasteiger partial charge in [0, 0.05) is 26.2 Å². The highest BCUT2D eigenvalue weighted by molar-refractivity contribution is 5.77. The minimum Gasteiger partial charge on any atom is -0.375 e. The summed E-state index contributed by atoms with van der Waals surface area (Å²) in [5.41, 5.74) is 0. The number of hydrogen-bond donors (Lipinski definition) is 4. The maximum atomic E-state index is 11.3. The number of amides is 1. The molecule has 0 aromatic carbocycles. The third kappa shape index (κ3) is 5.04. The molecule has 1 saturated carbocycles. The summed E-state index contributed by atoms with van der Waals surface area (Å²) < 4.78 is 4.77. The zero-order valence-electron chi connectivity index (χ0n) is 10.5. The first-order chi connectivity index (χ1) is 8.15. The van der Waals surface area contributed by atoms with Crippen molar-refractivity contribution in [1.29, 1.82) is 5.41 Å². The Kier molecular flexibility index (Phi) is 5.76. The number of methoxy groups -OCH3 is 1. The molecular weight excluding hydrogens is 220 g/mol. The van der Waals surface area contributed by atoms with Crippen LogP contribution >= 0.6 is 0 Å². The minimum atomic E-state index is -0.0492. The molecule has 0 aliphatic heterocycles. The molecule has 0 bridgehead atoms. The normalized spacial score (nSPS) is 23.9. The summed E-state index contributed by atoms with van der Waals surface area (Å²) >= 11 is 0. The highest BCUT2D eigenvalue weighted by Gasteiger charge is 2.22. The largest absolute Gasteiger partial charge is 0.375 e. The molecule has 98 valence electrons. The topological polar surface area (TPSA) is 86.2 Å². The first-order valence-electron chi connectivity index (χ1n) is 5.96. The SMILES string of the molecule is CNC(=N)N[C@H]1CC[C@H](NC(=O)COC)CC1. The van der Waals surface area contributed by atoms with Gasteiger partial charge in [-0.2, -0.15) is 0 Å². The highest BCUT2D eigenvalue weighted by atomic mass is 16.5. The lowest BCUT2D eigenvalue weighted by Crippen LogP contribution is -2.46. The van der Waals surface area contributed by atoms with Crippen molar-refractivity contribution in [2.45, 2.75) is 37.8 Å². The van der Waals surface area contributed by atoms with Gasteiger partial charge in [0.2, 0.25) is 5.91 Å². The molecule has 6 nitrogen and oxygen atoms in total. The maximum absolute atomic E-state index is 11.3. The van der Waals surface area contributed by atoms with Gasteiger partial charge in [0.05, 0.1) is 0 Å². The van der Waals surface area contributed by atoms with Gasteiger partial charge in [-0.25, -0.2) is 0 Å². The maximum Gasteiger partial charge on any atom is 0.246 e. The Balaban J connectivity index is 2.21. The minimum absolute atomic E-state index is 0.0492. The van der Waals surface area contributed by atoms with Crippen LogP contribution in [0.5, 0.6) is 0 Å². The lowest BCUT2D eigenvalue weighted by Gasteiger charge is -2.30. The van der Waals surface area contributed by atoms with E-state index in [-0.39, 0.29) is 18.6 Å². The average molecular weight is 242 g/mol. The van der Waals surface area contributed by atoms with Crippen molar-refractivity contribution in [2.24, 2.45) is 0 Å². The molecule has 0 aromatic rings. The van der Waals surface area contributed by atoms with Crippen molar-refractivity contribution in [2.75, 3.05) is 20.8 Å². The molecule has 1 aliphatic carbocycles. The van der Waals surface area contributed by atoms with Crippen LogP contribution in [0.1, 0.15) is 25.7 Å². The molecule has 6 heteroatoms. The fourth-order valence-corrected chi connectivity index (χ4v) is 2.06. The zero-order valence-corrected chi connectivity index (χ0v) is 10.5. The summed E-state index contributed by atoms with van der Waals surface area (Å²) in [6.07, 6.45) is 3.85. The molecule has 1 aliphatic rings. The summed E-state index contributed by atoms with van der Waals surface area (Å²) in [6, 6.07) is 0.588. The van der Waals surface area contributed by atoms with E-state index in [1.54, 1.807) is 7.05 Å². The van der Waals surface area contributed by atoms with Crippen LogP contribution in [-0.4, -0.2) is 44.7 Å². The molecule has 1 fully saturated rings. The molecular formula is C11H22N4O2. The summed E-state index contributed by atoms with van der Waals surface area (Å²) in [4.78, 5) is 11.3. The average Bonchev–Trinajstić information content (AvgIpc) is 2.32. The summed E-state index contributed by atoms with van der Waals surface area (Å²) in [6.45, 7) is 0.128. The van der Waals surface area contributed by atoms with Gasteiger partial charge in [-0.15, -0.1) is 0 Å². The van der Waals surface area contributed by atoms with Gasteiger partial charge in [0.25, 0.3) is 0 Å². The van der Waals surface area contributed by atoms with Crippen LogP contribution in [0.15, 0.2) is 0 Å². The number of nitrogens with one attached hydrogen (secondary N) is 4. The molecule has 0 radical (unpaired) electrons.